The lowest BCUT2D eigenvalue weighted by molar-refractivity contribution is 0.146. The van der Waals surface area contributed by atoms with E-state index in [9.17, 15) is 0 Å². The molecule has 0 unspecified atom stereocenters. The molecule has 0 atom stereocenters. The summed E-state index contributed by atoms with van der Waals surface area (Å²) >= 11 is 0. The molecule has 138 valence electrons. The molecule has 0 aliphatic carbocycles. The number of pyridine rings is 1. The van der Waals surface area contributed by atoms with Crippen LogP contribution in [0.5, 0.6) is 11.6 Å². The molecule has 0 aliphatic rings. The van der Waals surface area contributed by atoms with Gasteiger partial charge < -0.3 is 14.2 Å². The van der Waals surface area contributed by atoms with Crippen LogP contribution in [0.4, 0.5) is 0 Å². The first-order valence-corrected chi connectivity index (χ1v) is 8.81. The van der Waals surface area contributed by atoms with E-state index in [4.69, 9.17) is 14.2 Å². The Labute approximate surface area is 160 Å². The van der Waals surface area contributed by atoms with Crippen LogP contribution in [-0.2, 0) is 11.3 Å². The first-order chi connectivity index (χ1) is 13.3. The van der Waals surface area contributed by atoms with Gasteiger partial charge in [-0.3, -0.25) is 0 Å². The van der Waals surface area contributed by atoms with Crippen LogP contribution in [0.3, 0.4) is 0 Å². The van der Waals surface area contributed by atoms with Crippen LogP contribution in [0.15, 0.2) is 73.4 Å². The second-order valence-corrected chi connectivity index (χ2v) is 5.96. The summed E-state index contributed by atoms with van der Waals surface area (Å²) in [5, 5.41) is 0. The smallest absolute Gasteiger partial charge is 0.213 e. The molecular weight excluding hydrogens is 338 g/mol. The first kappa shape index (κ1) is 18.7. The highest BCUT2D eigenvalue weighted by Gasteiger charge is 2.06. The van der Waals surface area contributed by atoms with Crippen LogP contribution in [0, 0.1) is 0 Å². The Balaban J connectivity index is 1.70. The van der Waals surface area contributed by atoms with E-state index >= 15 is 0 Å². The van der Waals surface area contributed by atoms with E-state index in [1.54, 1.807) is 13.2 Å². The standard InChI is InChI=1S/C23H23NO3/c1-3-19-9-10-20(15-22(19)26-14-13-25-2)21-11-12-23(24-16-21)27-17-18-7-5-4-6-8-18/h3-12,15-16H,1,13-14,17H2,2H3. The van der Waals surface area contributed by atoms with Crippen LogP contribution in [-0.4, -0.2) is 25.3 Å². The van der Waals surface area contributed by atoms with Gasteiger partial charge in [0.2, 0.25) is 5.88 Å². The third-order valence-electron chi connectivity index (χ3n) is 4.08. The molecule has 27 heavy (non-hydrogen) atoms. The van der Waals surface area contributed by atoms with E-state index in [0.717, 1.165) is 28.0 Å². The van der Waals surface area contributed by atoms with Gasteiger partial charge in [0.15, 0.2) is 0 Å². The Hall–Kier alpha value is -3.11. The number of methoxy groups -OCH3 is 1. The predicted octanol–water partition coefficient (Wildman–Crippen LogP) is 5.00. The number of hydrogen-bond acceptors (Lipinski definition) is 4. The monoisotopic (exact) mass is 361 g/mol. The van der Waals surface area contributed by atoms with Crippen LogP contribution in [0.25, 0.3) is 17.2 Å². The molecule has 0 fully saturated rings. The molecule has 4 heteroatoms. The second kappa shape index (κ2) is 9.55. The summed E-state index contributed by atoms with van der Waals surface area (Å²) in [6.45, 7) is 5.37. The average molecular weight is 361 g/mol. The summed E-state index contributed by atoms with van der Waals surface area (Å²) in [6.07, 6.45) is 3.59. The maximum atomic E-state index is 5.80. The van der Waals surface area contributed by atoms with Gasteiger partial charge in [-0.2, -0.15) is 0 Å². The number of ether oxygens (including phenoxy) is 3. The van der Waals surface area contributed by atoms with Crippen molar-refractivity contribution in [1.82, 2.24) is 4.98 Å². The summed E-state index contributed by atoms with van der Waals surface area (Å²) < 4.78 is 16.6. The van der Waals surface area contributed by atoms with Crippen molar-refractivity contribution < 1.29 is 14.2 Å². The number of nitrogens with zero attached hydrogens (tertiary/aromatic N) is 1. The zero-order chi connectivity index (χ0) is 18.9. The zero-order valence-corrected chi connectivity index (χ0v) is 15.4. The molecule has 0 saturated carbocycles. The highest BCUT2D eigenvalue weighted by atomic mass is 16.5. The van der Waals surface area contributed by atoms with Crippen LogP contribution in [0.2, 0.25) is 0 Å². The minimum atomic E-state index is 0.491. The van der Waals surface area contributed by atoms with Crippen molar-refractivity contribution in [3.8, 4) is 22.8 Å². The minimum absolute atomic E-state index is 0.491. The summed E-state index contributed by atoms with van der Waals surface area (Å²) in [4.78, 5) is 4.41. The molecule has 0 radical (unpaired) electrons. The Kier molecular flexibility index (Phi) is 6.61. The molecule has 0 N–H and O–H groups in total. The van der Waals surface area contributed by atoms with Gasteiger partial charge >= 0.3 is 0 Å². The predicted molar refractivity (Wildman–Crippen MR) is 108 cm³/mol. The van der Waals surface area contributed by atoms with Crippen LogP contribution < -0.4 is 9.47 Å². The number of benzene rings is 2. The lowest BCUT2D eigenvalue weighted by Gasteiger charge is -2.11. The molecule has 0 aliphatic heterocycles. The number of hydrogen-bond donors (Lipinski definition) is 0. The highest BCUT2D eigenvalue weighted by molar-refractivity contribution is 5.69. The van der Waals surface area contributed by atoms with E-state index < -0.39 is 0 Å². The highest BCUT2D eigenvalue weighted by Crippen LogP contribution is 2.28. The molecule has 0 saturated heterocycles. The van der Waals surface area contributed by atoms with Gasteiger partial charge in [-0.05, 0) is 23.3 Å². The van der Waals surface area contributed by atoms with Gasteiger partial charge in [0, 0.05) is 30.5 Å². The largest absolute Gasteiger partial charge is 0.491 e. The molecule has 0 amide bonds. The normalized spacial score (nSPS) is 10.4. The second-order valence-electron chi connectivity index (χ2n) is 5.96. The summed E-state index contributed by atoms with van der Waals surface area (Å²) in [6, 6.07) is 19.9. The number of aromatic nitrogens is 1. The van der Waals surface area contributed by atoms with Crippen LogP contribution >= 0.6 is 0 Å². The van der Waals surface area contributed by atoms with Gasteiger partial charge in [-0.25, -0.2) is 4.98 Å². The van der Waals surface area contributed by atoms with E-state index in [0.29, 0.717) is 25.7 Å². The van der Waals surface area contributed by atoms with Crippen molar-refractivity contribution in [2.24, 2.45) is 0 Å². The van der Waals surface area contributed by atoms with Crippen molar-refractivity contribution in [1.29, 1.82) is 0 Å². The number of rotatable bonds is 9. The molecule has 3 aromatic rings. The Morgan fingerprint density at radius 2 is 1.74 bits per heavy atom. The zero-order valence-electron chi connectivity index (χ0n) is 15.4. The summed E-state index contributed by atoms with van der Waals surface area (Å²) in [5.74, 6) is 1.38. The molecule has 0 spiro atoms. The first-order valence-electron chi connectivity index (χ1n) is 8.81. The van der Waals surface area contributed by atoms with Gasteiger partial charge in [-0.1, -0.05) is 55.1 Å². The Bertz CT molecular complexity index is 861. The minimum Gasteiger partial charge on any atom is -0.491 e. The van der Waals surface area contributed by atoms with Crippen molar-refractivity contribution in [3.63, 3.8) is 0 Å². The topological polar surface area (TPSA) is 40.6 Å². The molecular formula is C23H23NO3. The summed E-state index contributed by atoms with van der Waals surface area (Å²) in [7, 11) is 1.65. The fraction of sp³-hybridized carbons (Fsp3) is 0.174. The van der Waals surface area contributed by atoms with Crippen LogP contribution in [0.1, 0.15) is 11.1 Å². The van der Waals surface area contributed by atoms with E-state index in [1.807, 2.05) is 66.9 Å². The molecule has 1 heterocycles. The van der Waals surface area contributed by atoms with Crippen molar-refractivity contribution in [2.45, 2.75) is 6.61 Å². The van der Waals surface area contributed by atoms with E-state index in [-0.39, 0.29) is 0 Å². The lowest BCUT2D eigenvalue weighted by atomic mass is 10.0. The molecule has 2 aromatic carbocycles. The van der Waals surface area contributed by atoms with Crippen molar-refractivity contribution in [3.05, 3.63) is 84.6 Å². The fourth-order valence-corrected chi connectivity index (χ4v) is 2.61. The van der Waals surface area contributed by atoms with E-state index in [1.165, 1.54) is 0 Å². The van der Waals surface area contributed by atoms with Crippen molar-refractivity contribution in [2.75, 3.05) is 20.3 Å². The lowest BCUT2D eigenvalue weighted by Crippen LogP contribution is -2.05. The average Bonchev–Trinajstić information content (AvgIpc) is 2.73. The SMILES string of the molecule is C=Cc1ccc(-c2ccc(OCc3ccccc3)nc2)cc1OCCOC. The van der Waals surface area contributed by atoms with E-state index in [2.05, 4.69) is 11.6 Å². The van der Waals surface area contributed by atoms with Gasteiger partial charge in [0.25, 0.3) is 0 Å². The maximum absolute atomic E-state index is 5.80. The van der Waals surface area contributed by atoms with Gasteiger partial charge in [-0.15, -0.1) is 0 Å². The van der Waals surface area contributed by atoms with Gasteiger partial charge in [0.05, 0.1) is 6.61 Å². The molecule has 4 nitrogen and oxygen atoms in total. The van der Waals surface area contributed by atoms with Crippen molar-refractivity contribution >= 4 is 6.08 Å². The maximum Gasteiger partial charge on any atom is 0.213 e. The molecule has 0 bridgehead atoms. The Morgan fingerprint density at radius 3 is 2.44 bits per heavy atom. The summed E-state index contributed by atoms with van der Waals surface area (Å²) in [5.41, 5.74) is 4.08. The Morgan fingerprint density at radius 1 is 0.926 bits per heavy atom. The molecule has 1 aromatic heterocycles. The van der Waals surface area contributed by atoms with Gasteiger partial charge in [0.1, 0.15) is 19.0 Å². The fourth-order valence-electron chi connectivity index (χ4n) is 2.61. The third-order valence-corrected chi connectivity index (χ3v) is 4.08. The third kappa shape index (κ3) is 5.19. The molecule has 3 rings (SSSR count). The quantitative estimate of drug-likeness (QED) is 0.503.